The molecule has 1 aliphatic rings. The first-order valence-electron chi connectivity index (χ1n) is 8.77. The topological polar surface area (TPSA) is 98.9 Å². The van der Waals surface area contributed by atoms with E-state index in [4.69, 9.17) is 16.3 Å². The van der Waals surface area contributed by atoms with Gasteiger partial charge in [0.15, 0.2) is 5.82 Å². The first kappa shape index (κ1) is 20.9. The third-order valence-corrected chi connectivity index (χ3v) is 4.32. The highest BCUT2D eigenvalue weighted by molar-refractivity contribution is 6.44. The summed E-state index contributed by atoms with van der Waals surface area (Å²) >= 11 is 0. The third kappa shape index (κ3) is 5.36. The summed E-state index contributed by atoms with van der Waals surface area (Å²) in [6, 6.07) is 5.19. The predicted octanol–water partition coefficient (Wildman–Crippen LogP) is 2.97. The van der Waals surface area contributed by atoms with E-state index in [2.05, 4.69) is 15.1 Å². The number of ether oxygens (including phenoxy) is 1. The number of hydrogen-bond acceptors (Lipinski definition) is 6. The van der Waals surface area contributed by atoms with Gasteiger partial charge in [-0.1, -0.05) is 0 Å². The lowest BCUT2D eigenvalue weighted by Crippen LogP contribution is -2.38. The van der Waals surface area contributed by atoms with Crippen LogP contribution in [-0.4, -0.2) is 35.7 Å². The zero-order valence-corrected chi connectivity index (χ0v) is 15.3. The van der Waals surface area contributed by atoms with Gasteiger partial charge in [-0.2, -0.15) is 18.3 Å². The molecule has 1 atom stereocenters. The van der Waals surface area contributed by atoms with Gasteiger partial charge in [0.2, 0.25) is 0 Å². The van der Waals surface area contributed by atoms with E-state index in [-0.39, 0.29) is 18.6 Å². The van der Waals surface area contributed by atoms with E-state index in [0.717, 1.165) is 12.1 Å². The van der Waals surface area contributed by atoms with E-state index >= 15 is 0 Å². The Morgan fingerprint density at radius 3 is 2.69 bits per heavy atom. The minimum Gasteiger partial charge on any atom is -0.379 e. The average molecular weight is 409 g/mol. The Morgan fingerprint density at radius 1 is 1.17 bits per heavy atom. The van der Waals surface area contributed by atoms with Crippen LogP contribution in [0, 0.1) is 5.82 Å². The maximum absolute atomic E-state index is 13.6. The van der Waals surface area contributed by atoms with E-state index in [9.17, 15) is 17.6 Å². The van der Waals surface area contributed by atoms with E-state index in [0.29, 0.717) is 41.9 Å². The number of nitrogens with zero attached hydrogens (tertiary/aromatic N) is 3. The standard InChI is InChI=1S/C19H19F4N5O/c20-14-7-12(6-13(9-14)19(21,22)23)5-11-1-3-26-17(8-11)27-16-2-4-29-10-15(24)18(16)28-25/h1,3,6-9,15H,2,4-5,10,24-25H2/b27-16?,28-18-. The third-order valence-electron chi connectivity index (χ3n) is 4.32. The number of hydrazone groups is 1. The fraction of sp³-hybridized carbons (Fsp3) is 0.316. The van der Waals surface area contributed by atoms with Crippen molar-refractivity contribution in [3.63, 3.8) is 0 Å². The monoisotopic (exact) mass is 409 g/mol. The largest absolute Gasteiger partial charge is 0.416 e. The highest BCUT2D eigenvalue weighted by Crippen LogP contribution is 2.31. The van der Waals surface area contributed by atoms with Crippen LogP contribution in [0.15, 0.2) is 46.6 Å². The van der Waals surface area contributed by atoms with Gasteiger partial charge < -0.3 is 16.3 Å². The van der Waals surface area contributed by atoms with Crippen molar-refractivity contribution in [2.75, 3.05) is 13.2 Å². The van der Waals surface area contributed by atoms with E-state index in [1.807, 2.05) is 0 Å². The van der Waals surface area contributed by atoms with Crippen LogP contribution in [0.5, 0.6) is 0 Å². The van der Waals surface area contributed by atoms with Gasteiger partial charge in [0.1, 0.15) is 11.5 Å². The number of pyridine rings is 1. The van der Waals surface area contributed by atoms with Gasteiger partial charge in [0, 0.05) is 12.6 Å². The lowest BCUT2D eigenvalue weighted by molar-refractivity contribution is -0.137. The maximum Gasteiger partial charge on any atom is 0.416 e. The van der Waals surface area contributed by atoms with Gasteiger partial charge in [0.25, 0.3) is 0 Å². The number of aliphatic imine (C=N–C) groups is 1. The van der Waals surface area contributed by atoms with Gasteiger partial charge in [0.05, 0.1) is 30.5 Å². The number of hydrogen-bond donors (Lipinski definition) is 2. The molecular weight excluding hydrogens is 390 g/mol. The quantitative estimate of drug-likeness (QED) is 0.463. The molecule has 1 aliphatic heterocycles. The molecule has 10 heteroatoms. The van der Waals surface area contributed by atoms with Crippen LogP contribution < -0.4 is 11.6 Å². The number of aromatic nitrogens is 1. The summed E-state index contributed by atoms with van der Waals surface area (Å²) in [6.07, 6.45) is -2.62. The van der Waals surface area contributed by atoms with Crippen LogP contribution in [0.4, 0.5) is 23.4 Å². The smallest absolute Gasteiger partial charge is 0.379 e. The second kappa shape index (κ2) is 8.66. The summed E-state index contributed by atoms with van der Waals surface area (Å²) < 4.78 is 57.7. The molecule has 1 fully saturated rings. The summed E-state index contributed by atoms with van der Waals surface area (Å²) in [5.74, 6) is 4.80. The normalized spacial score (nSPS) is 20.8. The molecule has 29 heavy (non-hydrogen) atoms. The van der Waals surface area contributed by atoms with Crippen molar-refractivity contribution >= 4 is 17.2 Å². The predicted molar refractivity (Wildman–Crippen MR) is 101 cm³/mol. The van der Waals surface area contributed by atoms with Crippen LogP contribution in [-0.2, 0) is 17.3 Å². The van der Waals surface area contributed by atoms with E-state index in [1.54, 1.807) is 12.1 Å². The fourth-order valence-electron chi connectivity index (χ4n) is 3.01. The summed E-state index contributed by atoms with van der Waals surface area (Å²) in [4.78, 5) is 8.59. The molecule has 3 rings (SSSR count). The second-order valence-corrected chi connectivity index (χ2v) is 6.55. The molecule has 0 radical (unpaired) electrons. The van der Waals surface area contributed by atoms with Crippen LogP contribution >= 0.6 is 0 Å². The molecular formula is C19H19F4N5O. The van der Waals surface area contributed by atoms with Gasteiger partial charge in [-0.15, -0.1) is 0 Å². The molecule has 1 aromatic carbocycles. The van der Waals surface area contributed by atoms with E-state index < -0.39 is 23.6 Å². The second-order valence-electron chi connectivity index (χ2n) is 6.55. The number of alkyl halides is 3. The molecule has 154 valence electrons. The van der Waals surface area contributed by atoms with Crippen LogP contribution in [0.1, 0.15) is 23.1 Å². The molecule has 4 N–H and O–H groups in total. The van der Waals surface area contributed by atoms with Crippen molar-refractivity contribution in [3.05, 3.63) is 59.0 Å². The Morgan fingerprint density at radius 2 is 1.97 bits per heavy atom. The molecule has 2 aromatic rings. The van der Waals surface area contributed by atoms with E-state index in [1.165, 1.54) is 6.20 Å². The van der Waals surface area contributed by atoms with Gasteiger partial charge in [-0.3, -0.25) is 0 Å². The van der Waals surface area contributed by atoms with Crippen molar-refractivity contribution < 1.29 is 22.3 Å². The molecule has 1 aromatic heterocycles. The van der Waals surface area contributed by atoms with Crippen LogP contribution in [0.2, 0.25) is 0 Å². The van der Waals surface area contributed by atoms with Crippen molar-refractivity contribution in [2.45, 2.75) is 25.1 Å². The zero-order valence-electron chi connectivity index (χ0n) is 15.3. The van der Waals surface area contributed by atoms with Crippen molar-refractivity contribution in [2.24, 2.45) is 21.7 Å². The molecule has 0 amide bonds. The summed E-state index contributed by atoms with van der Waals surface area (Å²) in [5.41, 5.74) is 6.70. The lowest BCUT2D eigenvalue weighted by atomic mass is 10.0. The highest BCUT2D eigenvalue weighted by Gasteiger charge is 2.31. The Balaban J connectivity index is 1.88. The SMILES string of the molecule is N/N=C1\C(=Nc2cc(Cc3cc(F)cc(C(F)(F)F)c3)ccn2)CCOCC1N. The van der Waals surface area contributed by atoms with Crippen molar-refractivity contribution in [3.8, 4) is 0 Å². The minimum atomic E-state index is -4.62. The Labute approximate surface area is 164 Å². The van der Waals surface area contributed by atoms with Gasteiger partial charge >= 0.3 is 6.18 Å². The molecule has 6 nitrogen and oxygen atoms in total. The summed E-state index contributed by atoms with van der Waals surface area (Å²) in [7, 11) is 0. The zero-order chi connectivity index (χ0) is 21.0. The molecule has 0 bridgehead atoms. The molecule has 0 aliphatic carbocycles. The molecule has 0 saturated carbocycles. The molecule has 2 heterocycles. The van der Waals surface area contributed by atoms with Gasteiger partial charge in [-0.25, -0.2) is 14.4 Å². The van der Waals surface area contributed by atoms with Crippen molar-refractivity contribution in [1.82, 2.24) is 4.98 Å². The van der Waals surface area contributed by atoms with Crippen molar-refractivity contribution in [1.29, 1.82) is 0 Å². The highest BCUT2D eigenvalue weighted by atomic mass is 19.4. The van der Waals surface area contributed by atoms with Gasteiger partial charge in [-0.05, 0) is 47.9 Å². The van der Waals surface area contributed by atoms with Crippen LogP contribution in [0.25, 0.3) is 0 Å². The summed E-state index contributed by atoms with van der Waals surface area (Å²) in [6.45, 7) is 0.665. The Hall–Kier alpha value is -2.85. The number of halogens is 4. The van der Waals surface area contributed by atoms with Crippen LogP contribution in [0.3, 0.4) is 0 Å². The first-order chi connectivity index (χ1) is 13.8. The molecule has 1 saturated heterocycles. The minimum absolute atomic E-state index is 0.0850. The fourth-order valence-corrected chi connectivity index (χ4v) is 3.01. The Kier molecular flexibility index (Phi) is 6.23. The Bertz CT molecular complexity index is 942. The maximum atomic E-state index is 13.6. The summed E-state index contributed by atoms with van der Waals surface area (Å²) in [5, 5.41) is 3.70. The number of rotatable bonds is 3. The molecule has 1 unspecified atom stereocenters. The number of nitrogens with two attached hydrogens (primary N) is 2. The average Bonchev–Trinajstić information content (AvgIpc) is 2.81. The lowest BCUT2D eigenvalue weighted by Gasteiger charge is -2.11. The molecule has 0 spiro atoms. The number of benzene rings is 1. The first-order valence-corrected chi connectivity index (χ1v) is 8.77.